The molecule has 35 heavy (non-hydrogen) atoms. The number of aromatic hydroxyl groups is 1. The SMILES string of the molecule is C/C(=N\NC(=S)Nc1cccc(NS(C)(O)O)c1)c1nn(C)c(-c2ccc(C(F)(F)F)cc2)c1O. The van der Waals surface area contributed by atoms with E-state index in [2.05, 4.69) is 25.7 Å². The van der Waals surface area contributed by atoms with Gasteiger partial charge in [-0.15, -0.1) is 10.8 Å². The molecule has 0 spiro atoms. The van der Waals surface area contributed by atoms with Crippen molar-refractivity contribution >= 4 is 45.2 Å². The number of hydrogen-bond acceptors (Lipinski definition) is 7. The van der Waals surface area contributed by atoms with E-state index < -0.39 is 22.5 Å². The molecule has 6 N–H and O–H groups in total. The number of benzene rings is 2. The Labute approximate surface area is 206 Å². The van der Waals surface area contributed by atoms with E-state index in [1.807, 2.05) is 0 Å². The van der Waals surface area contributed by atoms with Gasteiger partial charge in [0.2, 0.25) is 0 Å². The molecule has 1 heterocycles. The summed E-state index contributed by atoms with van der Waals surface area (Å²) in [5.74, 6) is -0.244. The molecular formula is C21H23F3N6O3S2. The van der Waals surface area contributed by atoms with E-state index in [9.17, 15) is 27.4 Å². The van der Waals surface area contributed by atoms with Gasteiger partial charge in [0.05, 0.1) is 17.0 Å². The number of nitrogens with one attached hydrogen (secondary N) is 3. The fourth-order valence-electron chi connectivity index (χ4n) is 3.13. The normalized spacial score (nSPS) is 12.9. The number of nitrogens with zero attached hydrogens (tertiary/aromatic N) is 3. The van der Waals surface area contributed by atoms with E-state index in [-0.39, 0.29) is 28.0 Å². The molecule has 1 aromatic heterocycles. The molecule has 0 saturated heterocycles. The lowest BCUT2D eigenvalue weighted by atomic mass is 10.1. The van der Waals surface area contributed by atoms with Gasteiger partial charge in [-0.2, -0.15) is 23.4 Å². The molecule has 2 aromatic carbocycles. The van der Waals surface area contributed by atoms with Crippen LogP contribution in [0, 0.1) is 0 Å². The number of thiocarbonyl (C=S) groups is 1. The molecule has 0 unspecified atom stereocenters. The topological polar surface area (TPSA) is 127 Å². The summed E-state index contributed by atoms with van der Waals surface area (Å²) in [6.45, 7) is 1.57. The number of halogens is 3. The molecule has 0 fully saturated rings. The Hall–Kier alpha value is -3.33. The predicted octanol–water partition coefficient (Wildman–Crippen LogP) is 5.23. The van der Waals surface area contributed by atoms with E-state index in [0.717, 1.165) is 12.1 Å². The first-order valence-electron chi connectivity index (χ1n) is 9.91. The lowest BCUT2D eigenvalue weighted by Gasteiger charge is -2.28. The van der Waals surface area contributed by atoms with Gasteiger partial charge >= 0.3 is 6.18 Å². The van der Waals surface area contributed by atoms with Gasteiger partial charge in [-0.1, -0.05) is 18.2 Å². The first-order valence-corrected chi connectivity index (χ1v) is 12.3. The molecule has 3 aromatic rings. The zero-order chi connectivity index (χ0) is 26.0. The minimum atomic E-state index is -4.46. The van der Waals surface area contributed by atoms with Crippen LogP contribution in [0.25, 0.3) is 11.3 Å². The summed E-state index contributed by atoms with van der Waals surface area (Å²) in [4.78, 5) is 0. The Kier molecular flexibility index (Phi) is 7.59. The van der Waals surface area contributed by atoms with Crippen LogP contribution in [-0.4, -0.2) is 41.1 Å². The summed E-state index contributed by atoms with van der Waals surface area (Å²) >= 11 is 5.22. The smallest absolute Gasteiger partial charge is 0.416 e. The summed E-state index contributed by atoms with van der Waals surface area (Å²) in [6, 6.07) is 11.0. The summed E-state index contributed by atoms with van der Waals surface area (Å²) < 4.78 is 61.5. The highest BCUT2D eigenvalue weighted by molar-refractivity contribution is 8.24. The molecule has 0 aliphatic rings. The summed E-state index contributed by atoms with van der Waals surface area (Å²) in [7, 11) is -1.39. The highest BCUT2D eigenvalue weighted by atomic mass is 32.3. The number of anilines is 2. The van der Waals surface area contributed by atoms with Crippen LogP contribution in [0.4, 0.5) is 24.5 Å². The Morgan fingerprint density at radius 1 is 1.11 bits per heavy atom. The van der Waals surface area contributed by atoms with Crippen LogP contribution in [0.15, 0.2) is 53.6 Å². The zero-order valence-electron chi connectivity index (χ0n) is 18.8. The Morgan fingerprint density at radius 3 is 2.34 bits per heavy atom. The van der Waals surface area contributed by atoms with Crippen LogP contribution < -0.4 is 15.5 Å². The third-order valence-corrected chi connectivity index (χ3v) is 5.42. The molecule has 188 valence electrons. The molecule has 0 bridgehead atoms. The van der Waals surface area contributed by atoms with Crippen molar-refractivity contribution in [1.82, 2.24) is 15.2 Å². The van der Waals surface area contributed by atoms with Gasteiger partial charge in [-0.25, -0.2) is 0 Å². The number of alkyl halides is 3. The van der Waals surface area contributed by atoms with Crippen molar-refractivity contribution in [3.05, 3.63) is 59.8 Å². The second kappa shape index (κ2) is 10.1. The molecule has 9 nitrogen and oxygen atoms in total. The number of rotatable bonds is 6. The lowest BCUT2D eigenvalue weighted by molar-refractivity contribution is -0.137. The van der Waals surface area contributed by atoms with Crippen LogP contribution in [0.3, 0.4) is 0 Å². The van der Waals surface area contributed by atoms with Crippen molar-refractivity contribution in [2.45, 2.75) is 13.1 Å². The van der Waals surface area contributed by atoms with Gasteiger partial charge in [0.25, 0.3) is 0 Å². The van der Waals surface area contributed by atoms with Crippen LogP contribution in [-0.2, 0) is 13.2 Å². The summed E-state index contributed by atoms with van der Waals surface area (Å²) in [6.07, 6.45) is -3.20. The van der Waals surface area contributed by atoms with Crippen molar-refractivity contribution in [1.29, 1.82) is 0 Å². The fourth-order valence-corrected chi connectivity index (χ4v) is 3.86. The van der Waals surface area contributed by atoms with Crippen LogP contribution in [0.5, 0.6) is 5.75 Å². The molecule has 0 aliphatic carbocycles. The van der Waals surface area contributed by atoms with E-state index in [4.69, 9.17) is 12.2 Å². The minimum Gasteiger partial charge on any atom is -0.504 e. The number of hydrazone groups is 1. The van der Waals surface area contributed by atoms with Gasteiger partial charge in [0.15, 0.2) is 16.6 Å². The maximum Gasteiger partial charge on any atom is 0.416 e. The van der Waals surface area contributed by atoms with Crippen molar-refractivity contribution in [2.75, 3.05) is 16.3 Å². The van der Waals surface area contributed by atoms with E-state index >= 15 is 0 Å². The third-order valence-electron chi connectivity index (χ3n) is 4.61. The largest absolute Gasteiger partial charge is 0.504 e. The van der Waals surface area contributed by atoms with Crippen LogP contribution >= 0.6 is 23.0 Å². The third kappa shape index (κ3) is 6.85. The maximum atomic E-state index is 12.8. The number of aryl methyl sites for hydroxylation is 1. The predicted molar refractivity (Wildman–Crippen MR) is 136 cm³/mol. The average Bonchev–Trinajstić information content (AvgIpc) is 3.04. The zero-order valence-corrected chi connectivity index (χ0v) is 20.4. The van der Waals surface area contributed by atoms with Gasteiger partial charge in [0, 0.05) is 24.6 Å². The monoisotopic (exact) mass is 528 g/mol. The Bertz CT molecular complexity index is 1250. The van der Waals surface area contributed by atoms with Crippen molar-refractivity contribution in [3.8, 4) is 17.0 Å². The molecule has 3 rings (SSSR count). The van der Waals surface area contributed by atoms with Crippen molar-refractivity contribution in [2.24, 2.45) is 12.1 Å². The highest BCUT2D eigenvalue weighted by Gasteiger charge is 2.30. The number of hydrogen-bond donors (Lipinski definition) is 6. The minimum absolute atomic E-state index is 0.114. The van der Waals surface area contributed by atoms with Crippen molar-refractivity contribution < 1.29 is 27.4 Å². The molecule has 0 radical (unpaired) electrons. The Balaban J connectivity index is 1.73. The standard InChI is InChI=1S/C21H23F3N6O3S2/c1-12(26-27-20(34)25-15-5-4-6-16(11-15)29-35(3,32)33)17-19(31)18(30(2)28-17)13-7-9-14(10-8-13)21(22,23)24/h4-11,29,31-33H,1-3H3,(H2,25,27,34)/b26-12+. The van der Waals surface area contributed by atoms with Gasteiger partial charge in [-0.05, 0) is 49.5 Å². The number of aromatic nitrogens is 2. The van der Waals surface area contributed by atoms with Crippen molar-refractivity contribution in [3.63, 3.8) is 0 Å². The Morgan fingerprint density at radius 2 is 1.74 bits per heavy atom. The van der Waals surface area contributed by atoms with E-state index in [1.54, 1.807) is 38.2 Å². The quantitative estimate of drug-likeness (QED) is 0.146. The summed E-state index contributed by atoms with van der Waals surface area (Å²) in [5, 5.41) is 22.0. The maximum absolute atomic E-state index is 12.8. The first kappa shape index (κ1) is 26.3. The van der Waals surface area contributed by atoms with Crippen LogP contribution in [0.2, 0.25) is 0 Å². The lowest BCUT2D eigenvalue weighted by Crippen LogP contribution is -2.25. The van der Waals surface area contributed by atoms with Gasteiger partial charge in [-0.3, -0.25) is 23.9 Å². The first-order chi connectivity index (χ1) is 16.2. The second-order valence-corrected chi connectivity index (χ2v) is 9.80. The molecule has 0 aliphatic heterocycles. The average molecular weight is 529 g/mol. The molecular weight excluding hydrogens is 505 g/mol. The highest BCUT2D eigenvalue weighted by Crippen LogP contribution is 2.36. The molecule has 0 saturated carbocycles. The van der Waals surface area contributed by atoms with Gasteiger partial charge < -0.3 is 10.4 Å². The van der Waals surface area contributed by atoms with E-state index in [0.29, 0.717) is 16.9 Å². The fraction of sp³-hybridized carbons (Fsp3) is 0.190. The van der Waals surface area contributed by atoms with Crippen LogP contribution in [0.1, 0.15) is 18.2 Å². The molecule has 0 atom stereocenters. The molecule has 0 amide bonds. The molecule has 14 heteroatoms. The second-order valence-electron chi connectivity index (χ2n) is 7.52. The van der Waals surface area contributed by atoms with Gasteiger partial charge in [0.1, 0.15) is 5.69 Å². The summed E-state index contributed by atoms with van der Waals surface area (Å²) in [5.41, 5.74) is 3.83. The van der Waals surface area contributed by atoms with E-state index in [1.165, 1.54) is 23.1 Å².